The number of ether oxygens (including phenoxy) is 1. The molecule has 0 N–H and O–H groups in total. The van der Waals surface area contributed by atoms with E-state index in [1.54, 1.807) is 6.07 Å². The van der Waals surface area contributed by atoms with Crippen LogP contribution in [0.4, 0.5) is 0 Å². The highest BCUT2D eigenvalue weighted by molar-refractivity contribution is 5.72. The molecular formula is C17H18N2O3. The van der Waals surface area contributed by atoms with Gasteiger partial charge in [0.1, 0.15) is 12.3 Å². The third-order valence-corrected chi connectivity index (χ3v) is 3.90. The minimum absolute atomic E-state index is 0.0404. The van der Waals surface area contributed by atoms with Gasteiger partial charge in [0.15, 0.2) is 0 Å². The fraction of sp³-hybridized carbons (Fsp3) is 0.353. The summed E-state index contributed by atoms with van der Waals surface area (Å²) in [5.41, 5.74) is 1.72. The minimum Gasteiger partial charge on any atom is -0.459 e. The summed E-state index contributed by atoms with van der Waals surface area (Å²) in [5, 5.41) is 0. The average Bonchev–Trinajstić information content (AvgIpc) is 2.53. The van der Waals surface area contributed by atoms with Crippen molar-refractivity contribution in [3.63, 3.8) is 0 Å². The van der Waals surface area contributed by atoms with Gasteiger partial charge in [0.2, 0.25) is 0 Å². The van der Waals surface area contributed by atoms with Gasteiger partial charge in [-0.3, -0.25) is 14.0 Å². The van der Waals surface area contributed by atoms with Gasteiger partial charge in [0, 0.05) is 11.8 Å². The molecule has 2 aromatic rings. The summed E-state index contributed by atoms with van der Waals surface area (Å²) in [7, 11) is 0. The van der Waals surface area contributed by atoms with Gasteiger partial charge in [-0.05, 0) is 38.3 Å². The molecule has 0 aliphatic heterocycles. The standard InChI is InChI=1S/C17H18N2O3/c1-12-6-5-9-15-18-14(10-16(20)19(12)15)11-22-17(21)13-7-3-2-4-8-13/h2-3,5-6,9-10,13H,4,7-8,11H2,1H3/t13-/m0/s1. The van der Waals surface area contributed by atoms with Crippen LogP contribution < -0.4 is 5.56 Å². The number of aryl methyl sites for hydroxylation is 1. The Balaban J connectivity index is 1.76. The number of hydrogen-bond donors (Lipinski definition) is 0. The molecule has 3 rings (SSSR count). The summed E-state index contributed by atoms with van der Waals surface area (Å²) < 4.78 is 6.86. The van der Waals surface area contributed by atoms with Gasteiger partial charge < -0.3 is 4.74 Å². The van der Waals surface area contributed by atoms with Crippen LogP contribution in [0, 0.1) is 12.8 Å². The SMILES string of the molecule is Cc1cccc2nc(COC(=O)[C@H]3CC=CCC3)cc(=O)n12. The van der Waals surface area contributed by atoms with Crippen LogP contribution in [-0.2, 0) is 16.1 Å². The molecule has 0 amide bonds. The number of nitrogens with zero attached hydrogens (tertiary/aromatic N) is 2. The van der Waals surface area contributed by atoms with Crippen molar-refractivity contribution < 1.29 is 9.53 Å². The molecule has 0 saturated heterocycles. The normalized spacial score (nSPS) is 17.6. The van der Waals surface area contributed by atoms with Gasteiger partial charge >= 0.3 is 5.97 Å². The van der Waals surface area contributed by atoms with E-state index in [2.05, 4.69) is 11.1 Å². The van der Waals surface area contributed by atoms with Crippen LogP contribution in [0.1, 0.15) is 30.7 Å². The van der Waals surface area contributed by atoms with Crippen LogP contribution in [0.2, 0.25) is 0 Å². The number of aromatic nitrogens is 2. The van der Waals surface area contributed by atoms with E-state index < -0.39 is 0 Å². The first-order valence-corrected chi connectivity index (χ1v) is 7.45. The van der Waals surface area contributed by atoms with Crippen LogP contribution in [0.3, 0.4) is 0 Å². The lowest BCUT2D eigenvalue weighted by atomic mass is 9.95. The van der Waals surface area contributed by atoms with Crippen molar-refractivity contribution >= 4 is 11.6 Å². The third-order valence-electron chi connectivity index (χ3n) is 3.90. The highest BCUT2D eigenvalue weighted by Crippen LogP contribution is 2.19. The van der Waals surface area contributed by atoms with E-state index in [4.69, 9.17) is 4.74 Å². The summed E-state index contributed by atoms with van der Waals surface area (Å²) >= 11 is 0. The molecule has 1 aliphatic carbocycles. The molecule has 2 heterocycles. The molecule has 22 heavy (non-hydrogen) atoms. The maximum Gasteiger partial charge on any atom is 0.309 e. The first-order chi connectivity index (χ1) is 10.6. The van der Waals surface area contributed by atoms with Crippen molar-refractivity contribution in [3.05, 3.63) is 58.2 Å². The lowest BCUT2D eigenvalue weighted by Gasteiger charge is -2.16. The Morgan fingerprint density at radius 1 is 1.41 bits per heavy atom. The summed E-state index contributed by atoms with van der Waals surface area (Å²) in [4.78, 5) is 28.5. The largest absolute Gasteiger partial charge is 0.459 e. The summed E-state index contributed by atoms with van der Waals surface area (Å²) in [6.07, 6.45) is 6.56. The number of pyridine rings is 1. The van der Waals surface area contributed by atoms with Crippen molar-refractivity contribution in [2.45, 2.75) is 32.8 Å². The molecule has 5 nitrogen and oxygen atoms in total. The first kappa shape index (κ1) is 14.5. The van der Waals surface area contributed by atoms with Crippen molar-refractivity contribution in [2.75, 3.05) is 0 Å². The molecule has 0 unspecified atom stereocenters. The zero-order valence-electron chi connectivity index (χ0n) is 12.5. The third kappa shape index (κ3) is 2.93. The Morgan fingerprint density at radius 2 is 2.27 bits per heavy atom. The molecule has 0 spiro atoms. The number of fused-ring (bicyclic) bond motifs is 1. The monoisotopic (exact) mass is 298 g/mol. The Hall–Kier alpha value is -2.43. The number of esters is 1. The number of allylic oxidation sites excluding steroid dienone is 2. The van der Waals surface area contributed by atoms with Crippen molar-refractivity contribution in [1.82, 2.24) is 9.38 Å². The number of hydrogen-bond acceptors (Lipinski definition) is 4. The molecule has 0 radical (unpaired) electrons. The maximum atomic E-state index is 12.1. The fourth-order valence-electron chi connectivity index (χ4n) is 2.71. The Kier molecular flexibility index (Phi) is 4.04. The average molecular weight is 298 g/mol. The summed E-state index contributed by atoms with van der Waals surface area (Å²) in [5.74, 6) is -0.288. The van der Waals surface area contributed by atoms with Gasteiger partial charge in [-0.1, -0.05) is 18.2 Å². The molecular weight excluding hydrogens is 280 g/mol. The minimum atomic E-state index is -0.212. The molecule has 5 heteroatoms. The topological polar surface area (TPSA) is 60.7 Å². The molecule has 2 aromatic heterocycles. The number of carbonyl (C=O) groups excluding carboxylic acids is 1. The molecule has 0 aromatic carbocycles. The van der Waals surface area contributed by atoms with Gasteiger partial charge in [-0.2, -0.15) is 0 Å². The molecule has 0 saturated carbocycles. The molecule has 114 valence electrons. The molecule has 1 aliphatic rings. The van der Waals surface area contributed by atoms with Crippen LogP contribution in [0.15, 0.2) is 41.2 Å². The van der Waals surface area contributed by atoms with Crippen molar-refractivity contribution in [3.8, 4) is 0 Å². The Bertz CT molecular complexity index is 792. The van der Waals surface area contributed by atoms with E-state index in [9.17, 15) is 9.59 Å². The predicted octanol–water partition coefficient (Wildman–Crippen LogP) is 2.40. The predicted molar refractivity (Wildman–Crippen MR) is 82.5 cm³/mol. The smallest absolute Gasteiger partial charge is 0.309 e. The van der Waals surface area contributed by atoms with E-state index in [0.717, 1.165) is 25.0 Å². The van der Waals surface area contributed by atoms with E-state index in [1.165, 1.54) is 10.5 Å². The van der Waals surface area contributed by atoms with Gasteiger partial charge in [0.05, 0.1) is 11.6 Å². The quantitative estimate of drug-likeness (QED) is 0.645. The maximum absolute atomic E-state index is 12.1. The summed E-state index contributed by atoms with van der Waals surface area (Å²) in [6, 6.07) is 6.90. The van der Waals surface area contributed by atoms with Crippen LogP contribution in [0.25, 0.3) is 5.65 Å². The van der Waals surface area contributed by atoms with Crippen molar-refractivity contribution in [1.29, 1.82) is 0 Å². The van der Waals surface area contributed by atoms with Crippen molar-refractivity contribution in [2.24, 2.45) is 5.92 Å². The lowest BCUT2D eigenvalue weighted by molar-refractivity contribution is -0.150. The highest BCUT2D eigenvalue weighted by atomic mass is 16.5. The van der Waals surface area contributed by atoms with Gasteiger partial charge in [0.25, 0.3) is 5.56 Å². The highest BCUT2D eigenvalue weighted by Gasteiger charge is 2.20. The van der Waals surface area contributed by atoms with E-state index in [0.29, 0.717) is 11.3 Å². The van der Waals surface area contributed by atoms with E-state index in [-0.39, 0.29) is 24.1 Å². The zero-order chi connectivity index (χ0) is 15.5. The molecule has 0 bridgehead atoms. The molecule has 1 atom stereocenters. The van der Waals surface area contributed by atoms with E-state index >= 15 is 0 Å². The van der Waals surface area contributed by atoms with Crippen LogP contribution >= 0.6 is 0 Å². The Morgan fingerprint density at radius 3 is 3.05 bits per heavy atom. The second kappa shape index (κ2) is 6.13. The second-order valence-electron chi connectivity index (χ2n) is 5.54. The van der Waals surface area contributed by atoms with Gasteiger partial charge in [-0.25, -0.2) is 4.98 Å². The zero-order valence-corrected chi connectivity index (χ0v) is 12.5. The summed E-state index contributed by atoms with van der Waals surface area (Å²) in [6.45, 7) is 1.89. The number of rotatable bonds is 3. The van der Waals surface area contributed by atoms with Gasteiger partial charge in [-0.15, -0.1) is 0 Å². The second-order valence-corrected chi connectivity index (χ2v) is 5.54. The first-order valence-electron chi connectivity index (χ1n) is 7.45. The van der Waals surface area contributed by atoms with Crippen LogP contribution in [-0.4, -0.2) is 15.4 Å². The lowest BCUT2D eigenvalue weighted by Crippen LogP contribution is -2.21. The van der Waals surface area contributed by atoms with Crippen LogP contribution in [0.5, 0.6) is 0 Å². The Labute approximate surface area is 128 Å². The molecule has 0 fully saturated rings. The van der Waals surface area contributed by atoms with E-state index in [1.807, 2.05) is 25.1 Å². The number of carbonyl (C=O) groups is 1. The fourth-order valence-corrected chi connectivity index (χ4v) is 2.71.